The van der Waals surface area contributed by atoms with Crippen molar-refractivity contribution in [2.24, 2.45) is 5.41 Å². The summed E-state index contributed by atoms with van der Waals surface area (Å²) in [6.07, 6.45) is 5.69. The Balaban J connectivity index is 2.12. The van der Waals surface area contributed by atoms with E-state index in [1.807, 2.05) is 13.0 Å². The molecule has 0 amide bonds. The first-order valence-electron chi connectivity index (χ1n) is 5.06. The van der Waals surface area contributed by atoms with E-state index in [0.29, 0.717) is 13.2 Å². The normalized spacial score (nSPS) is 28.1. The van der Waals surface area contributed by atoms with E-state index in [4.69, 9.17) is 9.47 Å². The molecule has 0 aromatic carbocycles. The van der Waals surface area contributed by atoms with Crippen molar-refractivity contribution in [1.29, 1.82) is 0 Å². The van der Waals surface area contributed by atoms with Gasteiger partial charge in [0.15, 0.2) is 11.6 Å². The van der Waals surface area contributed by atoms with Crippen LogP contribution in [0.5, 0.6) is 0 Å². The van der Waals surface area contributed by atoms with E-state index in [0.717, 1.165) is 12.8 Å². The Morgan fingerprint density at radius 3 is 2.29 bits per heavy atom. The van der Waals surface area contributed by atoms with Gasteiger partial charge in [-0.05, 0) is 32.8 Å². The van der Waals surface area contributed by atoms with Gasteiger partial charge in [0, 0.05) is 5.41 Å². The molecule has 2 fully saturated rings. The fourth-order valence-corrected chi connectivity index (χ4v) is 1.99. The monoisotopic (exact) mass is 196 g/mol. The summed E-state index contributed by atoms with van der Waals surface area (Å²) in [5.41, 5.74) is -0.0465. The third-order valence-corrected chi connectivity index (χ3v) is 3.17. The second-order valence-corrected chi connectivity index (χ2v) is 4.24. The second kappa shape index (κ2) is 3.17. The molecule has 0 radical (unpaired) electrons. The summed E-state index contributed by atoms with van der Waals surface area (Å²) in [4.78, 5) is 10.9. The Hall–Kier alpha value is -0.670. The number of ketones is 1. The molecule has 0 bridgehead atoms. The van der Waals surface area contributed by atoms with Crippen LogP contribution in [0.3, 0.4) is 0 Å². The standard InChI is InChI=1S/C11H16O3/c1-9(12)3-4-11(5-6-11)10(2)13-7-8-14-10/h3-4H,5-8H2,1-2H3. The van der Waals surface area contributed by atoms with E-state index in [9.17, 15) is 4.79 Å². The van der Waals surface area contributed by atoms with Gasteiger partial charge in [-0.2, -0.15) is 0 Å². The minimum absolute atomic E-state index is 0.0465. The first-order chi connectivity index (χ1) is 6.58. The van der Waals surface area contributed by atoms with Crippen molar-refractivity contribution in [2.75, 3.05) is 13.2 Å². The molecule has 1 saturated carbocycles. The van der Waals surface area contributed by atoms with Gasteiger partial charge in [0.05, 0.1) is 13.2 Å². The molecule has 0 spiro atoms. The Labute approximate surface area is 84.1 Å². The quantitative estimate of drug-likeness (QED) is 0.644. The van der Waals surface area contributed by atoms with Crippen LogP contribution in [0.1, 0.15) is 26.7 Å². The van der Waals surface area contributed by atoms with Crippen LogP contribution in [-0.2, 0) is 14.3 Å². The zero-order valence-corrected chi connectivity index (χ0v) is 8.71. The van der Waals surface area contributed by atoms with Crippen LogP contribution in [0.2, 0.25) is 0 Å². The van der Waals surface area contributed by atoms with Crippen LogP contribution in [0, 0.1) is 5.41 Å². The summed E-state index contributed by atoms with van der Waals surface area (Å²) in [6, 6.07) is 0. The van der Waals surface area contributed by atoms with E-state index >= 15 is 0 Å². The Bertz CT molecular complexity index is 270. The predicted octanol–water partition coefficient (Wildman–Crippen LogP) is 1.67. The fraction of sp³-hybridized carbons (Fsp3) is 0.727. The molecule has 0 atom stereocenters. The van der Waals surface area contributed by atoms with Crippen molar-refractivity contribution in [3.05, 3.63) is 12.2 Å². The maximum absolute atomic E-state index is 10.9. The number of rotatable bonds is 3. The highest BCUT2D eigenvalue weighted by atomic mass is 16.7. The van der Waals surface area contributed by atoms with Gasteiger partial charge < -0.3 is 9.47 Å². The molecular weight excluding hydrogens is 180 g/mol. The maximum atomic E-state index is 10.9. The minimum Gasteiger partial charge on any atom is -0.347 e. The van der Waals surface area contributed by atoms with Crippen LogP contribution in [0.25, 0.3) is 0 Å². The average molecular weight is 196 g/mol. The minimum atomic E-state index is -0.501. The van der Waals surface area contributed by atoms with Gasteiger partial charge in [-0.3, -0.25) is 4.79 Å². The Morgan fingerprint density at radius 2 is 1.86 bits per heavy atom. The van der Waals surface area contributed by atoms with E-state index in [2.05, 4.69) is 0 Å². The van der Waals surface area contributed by atoms with Crippen LogP contribution in [0.15, 0.2) is 12.2 Å². The lowest BCUT2D eigenvalue weighted by atomic mass is 9.95. The van der Waals surface area contributed by atoms with Gasteiger partial charge in [0.2, 0.25) is 0 Å². The van der Waals surface area contributed by atoms with Gasteiger partial charge >= 0.3 is 0 Å². The highest BCUT2D eigenvalue weighted by molar-refractivity contribution is 5.87. The Kier molecular flexibility index (Phi) is 2.24. The first-order valence-corrected chi connectivity index (χ1v) is 5.06. The fourth-order valence-electron chi connectivity index (χ4n) is 1.99. The maximum Gasteiger partial charge on any atom is 0.174 e. The van der Waals surface area contributed by atoms with Gasteiger partial charge in [-0.1, -0.05) is 6.08 Å². The Morgan fingerprint density at radius 1 is 1.29 bits per heavy atom. The molecule has 1 aliphatic heterocycles. The van der Waals surface area contributed by atoms with Gasteiger partial charge in [-0.15, -0.1) is 0 Å². The van der Waals surface area contributed by atoms with Gasteiger partial charge in [0.25, 0.3) is 0 Å². The lowest BCUT2D eigenvalue weighted by Crippen LogP contribution is -2.36. The van der Waals surface area contributed by atoms with E-state index in [1.54, 1.807) is 13.0 Å². The van der Waals surface area contributed by atoms with Crippen molar-refractivity contribution in [3.63, 3.8) is 0 Å². The molecule has 0 N–H and O–H groups in total. The number of hydrogen-bond donors (Lipinski definition) is 0. The first kappa shape index (κ1) is 9.87. The predicted molar refractivity (Wildman–Crippen MR) is 51.8 cm³/mol. The van der Waals surface area contributed by atoms with Gasteiger partial charge in [0.1, 0.15) is 0 Å². The van der Waals surface area contributed by atoms with Crippen LogP contribution >= 0.6 is 0 Å². The van der Waals surface area contributed by atoms with E-state index in [-0.39, 0.29) is 11.2 Å². The largest absolute Gasteiger partial charge is 0.347 e. The molecule has 1 heterocycles. The molecule has 3 heteroatoms. The van der Waals surface area contributed by atoms with Gasteiger partial charge in [-0.25, -0.2) is 0 Å². The molecule has 1 aliphatic carbocycles. The SMILES string of the molecule is CC(=O)C=CC1(C2(C)OCCO2)CC1. The highest BCUT2D eigenvalue weighted by Gasteiger charge is 2.58. The number of carbonyl (C=O) groups excluding carboxylic acids is 1. The number of allylic oxidation sites excluding steroid dienone is 1. The zero-order valence-electron chi connectivity index (χ0n) is 8.71. The lowest BCUT2D eigenvalue weighted by molar-refractivity contribution is -0.179. The molecule has 1 saturated heterocycles. The van der Waals surface area contributed by atoms with Crippen molar-refractivity contribution < 1.29 is 14.3 Å². The molecule has 0 aromatic rings. The lowest BCUT2D eigenvalue weighted by Gasteiger charge is -2.30. The van der Waals surface area contributed by atoms with E-state index in [1.165, 1.54) is 0 Å². The summed E-state index contributed by atoms with van der Waals surface area (Å²) in [5, 5.41) is 0. The van der Waals surface area contributed by atoms with E-state index < -0.39 is 5.79 Å². The molecule has 3 nitrogen and oxygen atoms in total. The summed E-state index contributed by atoms with van der Waals surface area (Å²) < 4.78 is 11.2. The van der Waals surface area contributed by atoms with Crippen LogP contribution in [0.4, 0.5) is 0 Å². The van der Waals surface area contributed by atoms with Crippen molar-refractivity contribution >= 4 is 5.78 Å². The topological polar surface area (TPSA) is 35.5 Å². The zero-order chi connectivity index (χ0) is 10.2. The third kappa shape index (κ3) is 1.51. The van der Waals surface area contributed by atoms with Crippen molar-refractivity contribution in [1.82, 2.24) is 0 Å². The molecule has 2 rings (SSSR count). The smallest absolute Gasteiger partial charge is 0.174 e. The summed E-state index contributed by atoms with van der Waals surface area (Å²) >= 11 is 0. The second-order valence-electron chi connectivity index (χ2n) is 4.24. The summed E-state index contributed by atoms with van der Waals surface area (Å²) in [6.45, 7) is 4.85. The number of ether oxygens (including phenoxy) is 2. The number of carbonyl (C=O) groups is 1. The summed E-state index contributed by atoms with van der Waals surface area (Å²) in [5.74, 6) is -0.420. The highest BCUT2D eigenvalue weighted by Crippen LogP contribution is 2.58. The van der Waals surface area contributed by atoms with Crippen LogP contribution in [-0.4, -0.2) is 24.8 Å². The van der Waals surface area contributed by atoms with Crippen molar-refractivity contribution in [2.45, 2.75) is 32.5 Å². The van der Waals surface area contributed by atoms with Crippen LogP contribution < -0.4 is 0 Å². The molecular formula is C11H16O3. The molecule has 78 valence electrons. The molecule has 0 aromatic heterocycles. The molecule has 14 heavy (non-hydrogen) atoms. The molecule has 0 unspecified atom stereocenters. The summed E-state index contributed by atoms with van der Waals surface area (Å²) in [7, 11) is 0. The van der Waals surface area contributed by atoms with Crippen molar-refractivity contribution in [3.8, 4) is 0 Å². The third-order valence-electron chi connectivity index (χ3n) is 3.17. The average Bonchev–Trinajstić information content (AvgIpc) is 2.81. The number of hydrogen-bond acceptors (Lipinski definition) is 3. The molecule has 2 aliphatic rings.